The van der Waals surface area contributed by atoms with Crippen LogP contribution in [-0.2, 0) is 17.8 Å². The highest BCUT2D eigenvalue weighted by atomic mass is 16.2. The maximum atomic E-state index is 12.0. The number of carbonyl (C=O) groups excluding carboxylic acids is 1. The van der Waals surface area contributed by atoms with Crippen molar-refractivity contribution in [2.24, 2.45) is 11.7 Å². The van der Waals surface area contributed by atoms with Crippen molar-refractivity contribution in [1.82, 2.24) is 4.90 Å². The third kappa shape index (κ3) is 3.07. The van der Waals surface area contributed by atoms with Gasteiger partial charge in [-0.25, -0.2) is 0 Å². The van der Waals surface area contributed by atoms with Crippen LogP contribution in [0.3, 0.4) is 0 Å². The summed E-state index contributed by atoms with van der Waals surface area (Å²) < 4.78 is 0. The van der Waals surface area contributed by atoms with E-state index in [4.69, 9.17) is 5.73 Å². The molecule has 1 unspecified atom stereocenters. The molecule has 0 radical (unpaired) electrons. The van der Waals surface area contributed by atoms with Crippen molar-refractivity contribution in [3.63, 3.8) is 0 Å². The first-order valence-electron chi connectivity index (χ1n) is 6.24. The fraction of sp³-hybridized carbons (Fsp3) is 0.500. The molecule has 1 heterocycles. The number of nitrogens with two attached hydrogens (primary N) is 1. The fourth-order valence-electron chi connectivity index (χ4n) is 2.24. The summed E-state index contributed by atoms with van der Waals surface area (Å²) in [6.07, 6.45) is 1.65. The Labute approximate surface area is 103 Å². The number of benzene rings is 1. The van der Waals surface area contributed by atoms with Crippen LogP contribution >= 0.6 is 0 Å². The first-order valence-corrected chi connectivity index (χ1v) is 6.24. The lowest BCUT2D eigenvalue weighted by atomic mass is 10.1. The van der Waals surface area contributed by atoms with Gasteiger partial charge < -0.3 is 10.6 Å². The molecule has 1 atom stereocenters. The molecule has 0 saturated carbocycles. The number of hydrogen-bond acceptors (Lipinski definition) is 2. The van der Waals surface area contributed by atoms with Crippen LogP contribution in [-0.4, -0.2) is 23.9 Å². The molecule has 92 valence electrons. The monoisotopic (exact) mass is 232 g/mol. The Morgan fingerprint density at radius 3 is 2.53 bits per heavy atom. The molecule has 0 spiro atoms. The Morgan fingerprint density at radius 1 is 1.35 bits per heavy atom. The smallest absolute Gasteiger partial charge is 0.226 e. The van der Waals surface area contributed by atoms with E-state index >= 15 is 0 Å². The predicted octanol–water partition coefficient (Wildman–Crippen LogP) is 1.56. The van der Waals surface area contributed by atoms with Crippen LogP contribution in [0.4, 0.5) is 0 Å². The van der Waals surface area contributed by atoms with E-state index in [9.17, 15) is 4.79 Å². The summed E-state index contributed by atoms with van der Waals surface area (Å²) in [5.74, 6) is 0.897. The van der Waals surface area contributed by atoms with Gasteiger partial charge in [0.05, 0.1) is 6.42 Å². The molecule has 1 saturated heterocycles. The number of carbonyl (C=O) groups is 1. The maximum absolute atomic E-state index is 12.0. The molecule has 1 aliphatic heterocycles. The van der Waals surface area contributed by atoms with Crippen LogP contribution < -0.4 is 5.73 Å². The van der Waals surface area contributed by atoms with Crippen LogP contribution in [0.15, 0.2) is 24.3 Å². The van der Waals surface area contributed by atoms with Crippen molar-refractivity contribution >= 4 is 5.91 Å². The van der Waals surface area contributed by atoms with E-state index in [2.05, 4.69) is 6.92 Å². The van der Waals surface area contributed by atoms with Crippen LogP contribution in [0, 0.1) is 5.92 Å². The Kier molecular flexibility index (Phi) is 3.79. The van der Waals surface area contributed by atoms with E-state index in [-0.39, 0.29) is 5.91 Å². The molecule has 1 fully saturated rings. The Morgan fingerprint density at radius 2 is 2.00 bits per heavy atom. The van der Waals surface area contributed by atoms with Crippen molar-refractivity contribution < 1.29 is 4.79 Å². The molecule has 1 aromatic carbocycles. The van der Waals surface area contributed by atoms with E-state index in [0.717, 1.165) is 30.6 Å². The third-order valence-electron chi connectivity index (χ3n) is 3.39. The molecule has 3 nitrogen and oxygen atoms in total. The van der Waals surface area contributed by atoms with Gasteiger partial charge in [-0.3, -0.25) is 4.79 Å². The first kappa shape index (κ1) is 12.1. The summed E-state index contributed by atoms with van der Waals surface area (Å²) in [6, 6.07) is 7.99. The second-order valence-corrected chi connectivity index (χ2v) is 4.93. The minimum absolute atomic E-state index is 0.245. The molecule has 0 aromatic heterocycles. The highest BCUT2D eigenvalue weighted by molar-refractivity contribution is 5.79. The van der Waals surface area contributed by atoms with Crippen molar-refractivity contribution in [2.75, 3.05) is 13.1 Å². The van der Waals surface area contributed by atoms with Gasteiger partial charge in [-0.1, -0.05) is 31.2 Å². The van der Waals surface area contributed by atoms with Gasteiger partial charge in [-0.05, 0) is 23.5 Å². The predicted molar refractivity (Wildman–Crippen MR) is 68.4 cm³/mol. The van der Waals surface area contributed by atoms with Gasteiger partial charge in [0.2, 0.25) is 5.91 Å². The number of likely N-dealkylation sites (tertiary alicyclic amines) is 1. The number of rotatable bonds is 3. The normalized spacial score (nSPS) is 19.6. The lowest BCUT2D eigenvalue weighted by Crippen LogP contribution is -2.29. The topological polar surface area (TPSA) is 46.3 Å². The summed E-state index contributed by atoms with van der Waals surface area (Å²) in [4.78, 5) is 14.0. The third-order valence-corrected chi connectivity index (χ3v) is 3.39. The zero-order valence-electron chi connectivity index (χ0n) is 10.4. The largest absolute Gasteiger partial charge is 0.342 e. The molecule has 0 aliphatic carbocycles. The molecular formula is C14H20N2O. The number of nitrogens with zero attached hydrogens (tertiary/aromatic N) is 1. The molecule has 1 aliphatic rings. The molecule has 17 heavy (non-hydrogen) atoms. The molecule has 1 aromatic rings. The van der Waals surface area contributed by atoms with E-state index in [1.165, 1.54) is 0 Å². The number of hydrogen-bond donors (Lipinski definition) is 1. The molecule has 2 N–H and O–H groups in total. The highest BCUT2D eigenvalue weighted by Crippen LogP contribution is 2.16. The lowest BCUT2D eigenvalue weighted by molar-refractivity contribution is -0.129. The summed E-state index contributed by atoms with van der Waals surface area (Å²) >= 11 is 0. The van der Waals surface area contributed by atoms with Gasteiger partial charge in [0, 0.05) is 19.6 Å². The zero-order valence-corrected chi connectivity index (χ0v) is 10.4. The van der Waals surface area contributed by atoms with Crippen molar-refractivity contribution in [3.05, 3.63) is 35.4 Å². The quantitative estimate of drug-likeness (QED) is 0.859. The minimum Gasteiger partial charge on any atom is -0.342 e. The Hall–Kier alpha value is -1.35. The van der Waals surface area contributed by atoms with Gasteiger partial charge in [0.15, 0.2) is 0 Å². The zero-order chi connectivity index (χ0) is 12.3. The van der Waals surface area contributed by atoms with Crippen molar-refractivity contribution in [2.45, 2.75) is 26.3 Å². The Balaban J connectivity index is 1.93. The lowest BCUT2D eigenvalue weighted by Gasteiger charge is -2.15. The van der Waals surface area contributed by atoms with E-state index in [0.29, 0.717) is 18.9 Å². The van der Waals surface area contributed by atoms with Crippen molar-refractivity contribution in [3.8, 4) is 0 Å². The Bertz CT molecular complexity index is 386. The van der Waals surface area contributed by atoms with Crippen LogP contribution in [0.5, 0.6) is 0 Å². The standard InChI is InChI=1S/C14H20N2O/c1-11-6-7-16(10-11)14(17)8-12-2-4-13(9-15)5-3-12/h2-5,11H,6-10,15H2,1H3. The van der Waals surface area contributed by atoms with E-state index < -0.39 is 0 Å². The first-order chi connectivity index (χ1) is 8.19. The second-order valence-electron chi connectivity index (χ2n) is 4.93. The summed E-state index contributed by atoms with van der Waals surface area (Å²) in [5, 5.41) is 0. The van der Waals surface area contributed by atoms with Crippen LogP contribution in [0.25, 0.3) is 0 Å². The van der Waals surface area contributed by atoms with Gasteiger partial charge >= 0.3 is 0 Å². The SMILES string of the molecule is CC1CCN(C(=O)Cc2ccc(CN)cc2)C1. The van der Waals surface area contributed by atoms with Crippen molar-refractivity contribution in [1.29, 1.82) is 0 Å². The minimum atomic E-state index is 0.245. The molecular weight excluding hydrogens is 212 g/mol. The molecule has 2 rings (SSSR count). The average molecular weight is 232 g/mol. The summed E-state index contributed by atoms with van der Waals surface area (Å²) in [5.41, 5.74) is 7.72. The van der Waals surface area contributed by atoms with E-state index in [1.54, 1.807) is 0 Å². The maximum Gasteiger partial charge on any atom is 0.226 e. The highest BCUT2D eigenvalue weighted by Gasteiger charge is 2.22. The summed E-state index contributed by atoms with van der Waals surface area (Å²) in [6.45, 7) is 4.59. The average Bonchev–Trinajstić information content (AvgIpc) is 2.77. The van der Waals surface area contributed by atoms with Gasteiger partial charge in [0.1, 0.15) is 0 Å². The molecule has 3 heteroatoms. The van der Waals surface area contributed by atoms with Crippen LogP contribution in [0.2, 0.25) is 0 Å². The molecule has 0 bridgehead atoms. The summed E-state index contributed by atoms with van der Waals surface area (Å²) in [7, 11) is 0. The fourth-order valence-corrected chi connectivity index (χ4v) is 2.24. The second kappa shape index (κ2) is 5.32. The van der Waals surface area contributed by atoms with E-state index in [1.807, 2.05) is 29.2 Å². The van der Waals surface area contributed by atoms with Crippen LogP contribution in [0.1, 0.15) is 24.5 Å². The molecule has 1 amide bonds. The number of amides is 1. The van der Waals surface area contributed by atoms with Gasteiger partial charge in [-0.15, -0.1) is 0 Å². The van der Waals surface area contributed by atoms with Gasteiger partial charge in [0.25, 0.3) is 0 Å². The van der Waals surface area contributed by atoms with Gasteiger partial charge in [-0.2, -0.15) is 0 Å².